The van der Waals surface area contributed by atoms with Crippen molar-refractivity contribution in [2.45, 2.75) is 39.5 Å². The van der Waals surface area contributed by atoms with Gasteiger partial charge in [-0.2, -0.15) is 0 Å². The number of ether oxygens (including phenoxy) is 2. The van der Waals surface area contributed by atoms with Gasteiger partial charge in [-0.1, -0.05) is 18.2 Å². The van der Waals surface area contributed by atoms with Crippen LogP contribution in [0, 0.1) is 0 Å². The van der Waals surface area contributed by atoms with Crippen molar-refractivity contribution >= 4 is 5.91 Å². The molecule has 0 aliphatic carbocycles. The number of hydrogen-bond donors (Lipinski definition) is 2. The Bertz CT molecular complexity index is 690. The van der Waals surface area contributed by atoms with Crippen LogP contribution in [0.2, 0.25) is 0 Å². The maximum atomic E-state index is 11.9. The Balaban J connectivity index is 1.78. The second-order valence-electron chi connectivity index (χ2n) is 6.18. The topological polar surface area (TPSA) is 72.5 Å². The molecule has 0 aliphatic heterocycles. The van der Waals surface area contributed by atoms with E-state index in [1.165, 1.54) is 0 Å². The minimum Gasteiger partial charge on any atom is -0.493 e. The predicted molar refractivity (Wildman–Crippen MR) is 101 cm³/mol. The third-order valence-corrected chi connectivity index (χ3v) is 3.69. The Morgan fingerprint density at radius 3 is 2.73 bits per heavy atom. The first-order valence-electron chi connectivity index (χ1n) is 8.79. The number of methoxy groups -OCH3 is 1. The number of nitrogens with zero attached hydrogens (tertiary/aromatic N) is 1. The van der Waals surface area contributed by atoms with Gasteiger partial charge in [0.1, 0.15) is 0 Å². The minimum absolute atomic E-state index is 0.00523. The normalized spacial score (nSPS) is 10.6. The fraction of sp³-hybridized carbons (Fsp3) is 0.400. The van der Waals surface area contributed by atoms with Gasteiger partial charge in [0.25, 0.3) is 0 Å². The lowest BCUT2D eigenvalue weighted by atomic mass is 10.1. The van der Waals surface area contributed by atoms with Gasteiger partial charge in [-0.3, -0.25) is 9.78 Å². The number of hydrogen-bond acceptors (Lipinski definition) is 5. The average molecular weight is 357 g/mol. The van der Waals surface area contributed by atoms with E-state index in [-0.39, 0.29) is 12.0 Å². The monoisotopic (exact) mass is 357 g/mol. The predicted octanol–water partition coefficient (Wildman–Crippen LogP) is 2.67. The van der Waals surface area contributed by atoms with Crippen LogP contribution in [0.5, 0.6) is 11.5 Å². The van der Waals surface area contributed by atoms with Crippen molar-refractivity contribution < 1.29 is 14.3 Å². The highest BCUT2D eigenvalue weighted by molar-refractivity contribution is 5.76. The molecule has 140 valence electrons. The summed E-state index contributed by atoms with van der Waals surface area (Å²) in [6.45, 7) is 5.65. The molecule has 0 spiro atoms. The molecule has 6 nitrogen and oxygen atoms in total. The minimum atomic E-state index is 0.00523. The molecule has 2 aromatic rings. The number of rotatable bonds is 10. The zero-order valence-electron chi connectivity index (χ0n) is 15.6. The molecule has 1 heterocycles. The fourth-order valence-corrected chi connectivity index (χ4v) is 2.45. The third kappa shape index (κ3) is 6.37. The molecule has 0 bridgehead atoms. The maximum absolute atomic E-state index is 11.9. The summed E-state index contributed by atoms with van der Waals surface area (Å²) in [6, 6.07) is 9.60. The zero-order chi connectivity index (χ0) is 18.8. The molecule has 2 N–H and O–H groups in total. The Labute approximate surface area is 154 Å². The van der Waals surface area contributed by atoms with E-state index >= 15 is 0 Å². The van der Waals surface area contributed by atoms with Crippen LogP contribution in [0.4, 0.5) is 0 Å². The molecular weight excluding hydrogens is 330 g/mol. The Hall–Kier alpha value is -2.60. The molecule has 0 unspecified atom stereocenters. The van der Waals surface area contributed by atoms with Gasteiger partial charge in [-0.05, 0) is 31.5 Å². The highest BCUT2D eigenvalue weighted by atomic mass is 16.5. The van der Waals surface area contributed by atoms with Gasteiger partial charge in [0, 0.05) is 44.0 Å². The number of amides is 1. The first kappa shape index (κ1) is 19.7. The number of nitrogens with one attached hydrogen (secondary N) is 2. The zero-order valence-corrected chi connectivity index (χ0v) is 15.6. The molecule has 0 atom stereocenters. The molecule has 0 saturated heterocycles. The molecule has 6 heteroatoms. The van der Waals surface area contributed by atoms with Crippen molar-refractivity contribution in [3.63, 3.8) is 0 Å². The average Bonchev–Trinajstić information content (AvgIpc) is 2.65. The Kier molecular flexibility index (Phi) is 7.89. The second kappa shape index (κ2) is 10.4. The van der Waals surface area contributed by atoms with Crippen LogP contribution < -0.4 is 20.1 Å². The molecule has 26 heavy (non-hydrogen) atoms. The number of carbonyl (C=O) groups is 1. The van der Waals surface area contributed by atoms with Crippen LogP contribution in [-0.4, -0.2) is 30.6 Å². The summed E-state index contributed by atoms with van der Waals surface area (Å²) in [7, 11) is 1.63. The number of benzene rings is 1. The lowest BCUT2D eigenvalue weighted by Crippen LogP contribution is -2.27. The first-order chi connectivity index (χ1) is 12.6. The van der Waals surface area contributed by atoms with Crippen molar-refractivity contribution in [1.29, 1.82) is 0 Å². The Morgan fingerprint density at radius 2 is 2.04 bits per heavy atom. The maximum Gasteiger partial charge on any atom is 0.221 e. The number of carbonyl (C=O) groups excluding carboxylic acids is 1. The lowest BCUT2D eigenvalue weighted by Gasteiger charge is -2.17. The fourth-order valence-electron chi connectivity index (χ4n) is 2.45. The van der Waals surface area contributed by atoms with Gasteiger partial charge >= 0.3 is 0 Å². The van der Waals surface area contributed by atoms with E-state index in [2.05, 4.69) is 15.6 Å². The molecule has 1 aromatic heterocycles. The van der Waals surface area contributed by atoms with Gasteiger partial charge in [0.15, 0.2) is 11.5 Å². The lowest BCUT2D eigenvalue weighted by molar-refractivity contribution is -0.121. The SMILES string of the molecule is COc1cccc(CNCCC(=O)NCc2cccnc2)c1OC(C)C. The van der Waals surface area contributed by atoms with Crippen molar-refractivity contribution in [3.8, 4) is 11.5 Å². The van der Waals surface area contributed by atoms with Gasteiger partial charge in [0.05, 0.1) is 13.2 Å². The summed E-state index contributed by atoms with van der Waals surface area (Å²) < 4.78 is 11.3. The molecule has 1 aromatic carbocycles. The van der Waals surface area contributed by atoms with Gasteiger partial charge in [-0.25, -0.2) is 0 Å². The number of para-hydroxylation sites is 1. The van der Waals surface area contributed by atoms with Crippen molar-refractivity contribution in [1.82, 2.24) is 15.6 Å². The van der Waals surface area contributed by atoms with Crippen LogP contribution in [0.15, 0.2) is 42.7 Å². The van der Waals surface area contributed by atoms with E-state index in [4.69, 9.17) is 9.47 Å². The van der Waals surface area contributed by atoms with E-state index in [1.54, 1.807) is 19.5 Å². The van der Waals surface area contributed by atoms with Crippen LogP contribution in [0.3, 0.4) is 0 Å². The number of aromatic nitrogens is 1. The van der Waals surface area contributed by atoms with Gasteiger partial charge < -0.3 is 20.1 Å². The van der Waals surface area contributed by atoms with Crippen LogP contribution in [0.1, 0.15) is 31.4 Å². The van der Waals surface area contributed by atoms with Crippen LogP contribution in [0.25, 0.3) is 0 Å². The highest BCUT2D eigenvalue weighted by Crippen LogP contribution is 2.31. The quantitative estimate of drug-likeness (QED) is 0.640. The third-order valence-electron chi connectivity index (χ3n) is 3.69. The molecule has 0 fully saturated rings. The smallest absolute Gasteiger partial charge is 0.221 e. The van der Waals surface area contributed by atoms with Crippen molar-refractivity contribution in [2.24, 2.45) is 0 Å². The summed E-state index contributed by atoms with van der Waals surface area (Å²) in [5.41, 5.74) is 1.99. The van der Waals surface area contributed by atoms with Crippen molar-refractivity contribution in [2.75, 3.05) is 13.7 Å². The standard InChI is InChI=1S/C20H27N3O3/c1-15(2)26-20-17(7-4-8-18(20)25-3)14-22-11-9-19(24)23-13-16-6-5-10-21-12-16/h4-8,10,12,15,22H,9,11,13-14H2,1-3H3,(H,23,24). The van der Waals surface area contributed by atoms with E-state index in [9.17, 15) is 4.79 Å². The van der Waals surface area contributed by atoms with E-state index in [0.717, 1.165) is 16.9 Å². The summed E-state index contributed by atoms with van der Waals surface area (Å²) >= 11 is 0. The number of pyridine rings is 1. The van der Waals surface area contributed by atoms with Crippen LogP contribution >= 0.6 is 0 Å². The molecule has 0 saturated carbocycles. The molecule has 0 radical (unpaired) electrons. The van der Waals surface area contributed by atoms with Gasteiger partial charge in [0.2, 0.25) is 5.91 Å². The Morgan fingerprint density at radius 1 is 1.19 bits per heavy atom. The summed E-state index contributed by atoms with van der Waals surface area (Å²) in [5, 5.41) is 6.18. The first-order valence-corrected chi connectivity index (χ1v) is 8.79. The summed E-state index contributed by atoms with van der Waals surface area (Å²) in [4.78, 5) is 16.0. The molecule has 0 aliphatic rings. The molecule has 2 rings (SSSR count). The summed E-state index contributed by atoms with van der Waals surface area (Å²) in [6.07, 6.45) is 3.93. The van der Waals surface area contributed by atoms with Crippen molar-refractivity contribution in [3.05, 3.63) is 53.9 Å². The largest absolute Gasteiger partial charge is 0.493 e. The second-order valence-corrected chi connectivity index (χ2v) is 6.18. The van der Waals surface area contributed by atoms with Gasteiger partial charge in [-0.15, -0.1) is 0 Å². The van der Waals surface area contributed by atoms with Crippen LogP contribution in [-0.2, 0) is 17.9 Å². The van der Waals surface area contributed by atoms with E-state index < -0.39 is 0 Å². The highest BCUT2D eigenvalue weighted by Gasteiger charge is 2.12. The van der Waals surface area contributed by atoms with E-state index in [1.807, 2.05) is 44.2 Å². The molecular formula is C20H27N3O3. The molecule has 1 amide bonds. The summed E-state index contributed by atoms with van der Waals surface area (Å²) in [5.74, 6) is 1.47. The van der Waals surface area contributed by atoms with E-state index in [0.29, 0.717) is 31.8 Å².